The van der Waals surface area contributed by atoms with Crippen molar-refractivity contribution in [1.29, 1.82) is 0 Å². The van der Waals surface area contributed by atoms with Crippen molar-refractivity contribution in [2.24, 2.45) is 0 Å². The first-order valence-corrected chi connectivity index (χ1v) is 8.32. The summed E-state index contributed by atoms with van der Waals surface area (Å²) in [5.41, 5.74) is 1.06. The number of methoxy groups -OCH3 is 1. The molecule has 0 spiro atoms. The second-order valence-corrected chi connectivity index (χ2v) is 5.82. The van der Waals surface area contributed by atoms with Gasteiger partial charge in [-0.2, -0.15) is 0 Å². The Kier molecular flexibility index (Phi) is 6.61. The second-order valence-electron chi connectivity index (χ2n) is 4.84. The number of nitrogens with zero attached hydrogens (tertiary/aromatic N) is 1. The normalized spacial score (nSPS) is 10.7. The van der Waals surface area contributed by atoms with Gasteiger partial charge in [0.1, 0.15) is 11.6 Å². The molecule has 1 aromatic heterocycles. The van der Waals surface area contributed by atoms with Crippen molar-refractivity contribution in [1.82, 2.24) is 10.3 Å². The second kappa shape index (κ2) is 8.69. The van der Waals surface area contributed by atoms with Crippen LogP contribution in [-0.4, -0.2) is 36.9 Å². The molecule has 1 aromatic carbocycles. The molecule has 2 aromatic rings. The third-order valence-electron chi connectivity index (χ3n) is 3.10. The Hall–Kier alpha value is -1.86. The number of aromatic nitrogens is 1. The molecule has 0 radical (unpaired) electrons. The summed E-state index contributed by atoms with van der Waals surface area (Å²) in [5, 5.41) is 2.74. The zero-order chi connectivity index (χ0) is 16.7. The molecule has 0 atom stereocenters. The minimum Gasteiger partial charge on any atom is -0.441 e. The Morgan fingerprint density at radius 2 is 2.22 bits per heavy atom. The van der Waals surface area contributed by atoms with Crippen molar-refractivity contribution in [3.63, 3.8) is 0 Å². The summed E-state index contributed by atoms with van der Waals surface area (Å²) in [6.45, 7) is 2.77. The number of hydrogen-bond acceptors (Lipinski definition) is 5. The molecule has 0 aliphatic rings. The molecule has 0 aliphatic carbocycles. The van der Waals surface area contributed by atoms with Crippen LogP contribution in [-0.2, 0) is 15.3 Å². The smallest absolute Gasteiger partial charge is 0.230 e. The number of nitrogens with one attached hydrogen (secondary N) is 1. The zero-order valence-electron chi connectivity index (χ0n) is 13.1. The Bertz CT molecular complexity index is 661. The highest BCUT2D eigenvalue weighted by Gasteiger charge is 2.14. The number of rotatable bonds is 8. The quantitative estimate of drug-likeness (QED) is 0.750. The predicted molar refractivity (Wildman–Crippen MR) is 87.7 cm³/mol. The highest BCUT2D eigenvalue weighted by atomic mass is 32.2. The molecule has 0 saturated heterocycles. The summed E-state index contributed by atoms with van der Waals surface area (Å²) in [4.78, 5) is 15.9. The topological polar surface area (TPSA) is 64.4 Å². The first-order valence-electron chi connectivity index (χ1n) is 7.16. The van der Waals surface area contributed by atoms with Crippen LogP contribution < -0.4 is 5.32 Å². The molecule has 1 heterocycles. The molecule has 0 bridgehead atoms. The van der Waals surface area contributed by atoms with E-state index >= 15 is 0 Å². The van der Waals surface area contributed by atoms with E-state index in [9.17, 15) is 9.18 Å². The molecule has 0 aliphatic heterocycles. The Labute approximate surface area is 138 Å². The van der Waals surface area contributed by atoms with Crippen LogP contribution >= 0.6 is 11.8 Å². The lowest BCUT2D eigenvalue weighted by atomic mass is 10.2. The maximum absolute atomic E-state index is 13.8. The van der Waals surface area contributed by atoms with E-state index in [0.29, 0.717) is 36.0 Å². The standard InChI is InChI=1S/C16H19FN2O3S/c1-11-14(9-23-10-15(20)18-7-8-21-2)19-16(22-11)12-5-3-4-6-13(12)17/h3-6H,7-10H2,1-2H3,(H,18,20). The lowest BCUT2D eigenvalue weighted by Gasteiger charge is -2.03. The molecular formula is C16H19FN2O3S. The first-order chi connectivity index (χ1) is 11.1. The Morgan fingerprint density at radius 1 is 1.43 bits per heavy atom. The van der Waals surface area contributed by atoms with Gasteiger partial charge in [-0.25, -0.2) is 9.37 Å². The van der Waals surface area contributed by atoms with Gasteiger partial charge in [0.15, 0.2) is 0 Å². The lowest BCUT2D eigenvalue weighted by Crippen LogP contribution is -2.28. The average molecular weight is 338 g/mol. The molecule has 1 amide bonds. The van der Waals surface area contributed by atoms with E-state index < -0.39 is 0 Å². The number of amides is 1. The number of oxazole rings is 1. The van der Waals surface area contributed by atoms with Crippen molar-refractivity contribution in [2.75, 3.05) is 26.0 Å². The van der Waals surface area contributed by atoms with Crippen molar-refractivity contribution >= 4 is 17.7 Å². The van der Waals surface area contributed by atoms with Crippen LogP contribution in [0.15, 0.2) is 28.7 Å². The Balaban J connectivity index is 1.90. The molecule has 0 unspecified atom stereocenters. The number of thioether (sulfide) groups is 1. The van der Waals surface area contributed by atoms with E-state index in [2.05, 4.69) is 10.3 Å². The number of carbonyl (C=O) groups excluding carboxylic acids is 1. The summed E-state index contributed by atoms with van der Waals surface area (Å²) >= 11 is 1.43. The van der Waals surface area contributed by atoms with Gasteiger partial charge in [0, 0.05) is 19.4 Å². The van der Waals surface area contributed by atoms with Gasteiger partial charge in [-0.3, -0.25) is 4.79 Å². The summed E-state index contributed by atoms with van der Waals surface area (Å²) < 4.78 is 24.2. The predicted octanol–water partition coefficient (Wildman–Crippen LogP) is 2.78. The third-order valence-corrected chi connectivity index (χ3v) is 4.04. The van der Waals surface area contributed by atoms with Crippen molar-refractivity contribution in [2.45, 2.75) is 12.7 Å². The number of ether oxygens (including phenoxy) is 1. The molecule has 7 heteroatoms. The number of hydrogen-bond donors (Lipinski definition) is 1. The first kappa shape index (κ1) is 17.5. The molecular weight excluding hydrogens is 319 g/mol. The van der Waals surface area contributed by atoms with Gasteiger partial charge in [0.25, 0.3) is 0 Å². The minimum atomic E-state index is -0.370. The summed E-state index contributed by atoms with van der Waals surface area (Å²) in [7, 11) is 1.58. The van der Waals surface area contributed by atoms with E-state index in [1.54, 1.807) is 32.2 Å². The number of benzene rings is 1. The van der Waals surface area contributed by atoms with Crippen LogP contribution in [0, 0.1) is 12.7 Å². The van der Waals surface area contributed by atoms with Gasteiger partial charge in [-0.15, -0.1) is 11.8 Å². The number of aryl methyl sites for hydroxylation is 1. The monoisotopic (exact) mass is 338 g/mol. The molecule has 2 rings (SSSR count). The highest BCUT2D eigenvalue weighted by Crippen LogP contribution is 2.26. The summed E-state index contributed by atoms with van der Waals surface area (Å²) in [6, 6.07) is 6.35. The fraction of sp³-hybridized carbons (Fsp3) is 0.375. The lowest BCUT2D eigenvalue weighted by molar-refractivity contribution is -0.118. The van der Waals surface area contributed by atoms with Crippen LogP contribution in [0.5, 0.6) is 0 Å². The van der Waals surface area contributed by atoms with E-state index in [4.69, 9.17) is 9.15 Å². The van der Waals surface area contributed by atoms with Gasteiger partial charge in [-0.1, -0.05) is 12.1 Å². The summed E-state index contributed by atoms with van der Waals surface area (Å²) in [6.07, 6.45) is 0. The molecule has 124 valence electrons. The fourth-order valence-corrected chi connectivity index (χ4v) is 2.75. The van der Waals surface area contributed by atoms with Crippen LogP contribution in [0.2, 0.25) is 0 Å². The molecule has 0 saturated carbocycles. The maximum Gasteiger partial charge on any atom is 0.230 e. The maximum atomic E-state index is 13.8. The average Bonchev–Trinajstić information content (AvgIpc) is 2.89. The Morgan fingerprint density at radius 3 is 2.96 bits per heavy atom. The SMILES string of the molecule is COCCNC(=O)CSCc1nc(-c2ccccc2F)oc1C. The van der Waals surface area contributed by atoms with Crippen molar-refractivity contribution in [3.05, 3.63) is 41.5 Å². The molecule has 23 heavy (non-hydrogen) atoms. The van der Waals surface area contributed by atoms with Gasteiger partial charge >= 0.3 is 0 Å². The van der Waals surface area contributed by atoms with E-state index in [1.807, 2.05) is 0 Å². The van der Waals surface area contributed by atoms with Crippen LogP contribution in [0.4, 0.5) is 4.39 Å². The van der Waals surface area contributed by atoms with E-state index in [-0.39, 0.29) is 17.6 Å². The van der Waals surface area contributed by atoms with Crippen molar-refractivity contribution in [3.8, 4) is 11.5 Å². The minimum absolute atomic E-state index is 0.0532. The largest absolute Gasteiger partial charge is 0.441 e. The van der Waals surface area contributed by atoms with E-state index in [0.717, 1.165) is 5.69 Å². The molecule has 0 fully saturated rings. The van der Waals surface area contributed by atoms with Crippen LogP contribution in [0.1, 0.15) is 11.5 Å². The fourth-order valence-electron chi connectivity index (χ4n) is 1.90. The van der Waals surface area contributed by atoms with Gasteiger partial charge < -0.3 is 14.5 Å². The zero-order valence-corrected chi connectivity index (χ0v) is 13.9. The van der Waals surface area contributed by atoms with Crippen LogP contribution in [0.3, 0.4) is 0 Å². The van der Waals surface area contributed by atoms with E-state index in [1.165, 1.54) is 17.8 Å². The van der Waals surface area contributed by atoms with Gasteiger partial charge in [0.05, 0.1) is 23.6 Å². The van der Waals surface area contributed by atoms with Gasteiger partial charge in [0.2, 0.25) is 11.8 Å². The van der Waals surface area contributed by atoms with Gasteiger partial charge in [-0.05, 0) is 19.1 Å². The van der Waals surface area contributed by atoms with Crippen LogP contribution in [0.25, 0.3) is 11.5 Å². The number of carbonyl (C=O) groups is 1. The number of halogens is 1. The highest BCUT2D eigenvalue weighted by molar-refractivity contribution is 7.99. The molecule has 5 nitrogen and oxygen atoms in total. The van der Waals surface area contributed by atoms with Crippen molar-refractivity contribution < 1.29 is 18.3 Å². The third kappa shape index (κ3) is 5.07. The summed E-state index contributed by atoms with van der Waals surface area (Å²) in [5.74, 6) is 1.33. The molecule has 1 N–H and O–H groups in total.